The summed E-state index contributed by atoms with van der Waals surface area (Å²) in [5.74, 6) is -1.04. The third-order valence-electron chi connectivity index (χ3n) is 4.09. The third kappa shape index (κ3) is 2.30. The van der Waals surface area contributed by atoms with Crippen LogP contribution >= 0.6 is 0 Å². The van der Waals surface area contributed by atoms with Crippen molar-refractivity contribution in [3.8, 4) is 16.9 Å². The number of nitrogens with zero attached hydrogens (tertiary/aromatic N) is 2. The molecule has 0 bridgehead atoms. The molecule has 0 aliphatic carbocycles. The van der Waals surface area contributed by atoms with Gasteiger partial charge in [-0.05, 0) is 12.1 Å². The summed E-state index contributed by atoms with van der Waals surface area (Å²) >= 11 is 0. The summed E-state index contributed by atoms with van der Waals surface area (Å²) < 4.78 is 6.10. The number of anilines is 1. The van der Waals surface area contributed by atoms with Crippen LogP contribution in [0.1, 0.15) is 26.5 Å². The van der Waals surface area contributed by atoms with Crippen LogP contribution in [-0.2, 0) is 6.61 Å². The Balaban J connectivity index is 1.79. The van der Waals surface area contributed by atoms with Gasteiger partial charge in [0.1, 0.15) is 18.1 Å². The Morgan fingerprint density at radius 2 is 1.85 bits per heavy atom. The minimum Gasteiger partial charge on any atom is -0.388 e. The first kappa shape index (κ1) is 15.8. The average Bonchev–Trinajstić information content (AvgIpc) is 3.20. The van der Waals surface area contributed by atoms with Crippen molar-refractivity contribution in [2.45, 2.75) is 6.61 Å². The van der Waals surface area contributed by atoms with Crippen LogP contribution < -0.4 is 16.6 Å². The molecule has 0 spiro atoms. The predicted molar refractivity (Wildman–Crippen MR) is 89.7 cm³/mol. The summed E-state index contributed by atoms with van der Waals surface area (Å²) in [6.45, 7) is -0.257. The maximum absolute atomic E-state index is 12.4. The lowest BCUT2D eigenvalue weighted by Crippen LogP contribution is -2.24. The number of benzene rings is 1. The van der Waals surface area contributed by atoms with Crippen molar-refractivity contribution in [1.82, 2.24) is 15.0 Å². The molecule has 4 N–H and O–H groups in total. The van der Waals surface area contributed by atoms with Gasteiger partial charge in [0.05, 0.1) is 16.8 Å². The monoisotopic (exact) mass is 352 g/mol. The molecule has 1 aliphatic rings. The molecule has 3 heterocycles. The fourth-order valence-electron chi connectivity index (χ4n) is 2.85. The van der Waals surface area contributed by atoms with Crippen molar-refractivity contribution in [3.63, 3.8) is 0 Å². The molecular weight excluding hydrogens is 340 g/mol. The number of rotatable bonds is 3. The molecule has 1 aromatic carbocycles. The number of carbonyl (C=O) groups excluding carboxylic acids is 2. The number of pyridine rings is 1. The van der Waals surface area contributed by atoms with Gasteiger partial charge >= 0.3 is 0 Å². The molecule has 4 rings (SSSR count). The topological polar surface area (TPSA) is 140 Å². The van der Waals surface area contributed by atoms with Crippen LogP contribution in [0.25, 0.3) is 16.9 Å². The molecule has 0 radical (unpaired) electrons. The van der Waals surface area contributed by atoms with Crippen molar-refractivity contribution in [2.75, 3.05) is 5.73 Å². The minimum atomic E-state index is -0.637. The van der Waals surface area contributed by atoms with E-state index in [-0.39, 0.29) is 23.6 Å². The fourth-order valence-corrected chi connectivity index (χ4v) is 2.85. The molecule has 9 nitrogen and oxygen atoms in total. The van der Waals surface area contributed by atoms with Gasteiger partial charge in [-0.3, -0.25) is 24.3 Å². The Bertz CT molecular complexity index is 1110. The second-order valence-corrected chi connectivity index (χ2v) is 5.66. The first-order valence-corrected chi connectivity index (χ1v) is 7.58. The number of nitrogen functional groups attached to an aromatic ring is 1. The van der Waals surface area contributed by atoms with Crippen molar-refractivity contribution < 1.29 is 19.2 Å². The van der Waals surface area contributed by atoms with Crippen molar-refractivity contribution in [1.29, 1.82) is 0 Å². The zero-order valence-electron chi connectivity index (χ0n) is 13.2. The maximum Gasteiger partial charge on any atom is 0.262 e. The fraction of sp³-hybridized carbons (Fsp3) is 0.0588. The molecule has 26 heavy (non-hydrogen) atoms. The Labute approximate surface area is 145 Å². The summed E-state index contributed by atoms with van der Waals surface area (Å²) in [5, 5.41) is 15.0. The van der Waals surface area contributed by atoms with E-state index >= 15 is 0 Å². The first-order valence-electron chi connectivity index (χ1n) is 7.58. The number of nitrogens with two attached hydrogens (primary N) is 1. The number of aliphatic hydroxyl groups excluding tert-OH is 1. The van der Waals surface area contributed by atoms with Gasteiger partial charge in [0.15, 0.2) is 5.76 Å². The number of aliphatic hydroxyl groups is 1. The van der Waals surface area contributed by atoms with E-state index in [2.05, 4.69) is 10.5 Å². The molecule has 1 aliphatic heterocycles. The van der Waals surface area contributed by atoms with Gasteiger partial charge in [-0.15, -0.1) is 0 Å². The van der Waals surface area contributed by atoms with E-state index in [1.807, 2.05) is 0 Å². The van der Waals surface area contributed by atoms with E-state index in [9.17, 15) is 14.4 Å². The molecule has 0 saturated carbocycles. The average molecular weight is 352 g/mol. The number of aromatic nitrogens is 2. The Morgan fingerprint density at radius 3 is 2.50 bits per heavy atom. The van der Waals surface area contributed by atoms with E-state index in [1.54, 1.807) is 30.3 Å². The molecule has 0 unspecified atom stereocenters. The smallest absolute Gasteiger partial charge is 0.262 e. The largest absolute Gasteiger partial charge is 0.388 e. The van der Waals surface area contributed by atoms with Crippen LogP contribution in [0.4, 0.5) is 5.82 Å². The summed E-state index contributed by atoms with van der Waals surface area (Å²) in [6, 6.07) is 9.33. The molecule has 2 aromatic heterocycles. The molecule has 3 aromatic rings. The molecule has 0 atom stereocenters. The minimum absolute atomic E-state index is 0.0113. The summed E-state index contributed by atoms with van der Waals surface area (Å²) in [7, 11) is 0. The lowest BCUT2D eigenvalue weighted by atomic mass is 10.1. The lowest BCUT2D eigenvalue weighted by molar-refractivity contribution is 0.0880. The Kier molecular flexibility index (Phi) is 3.44. The van der Waals surface area contributed by atoms with Crippen LogP contribution in [0.2, 0.25) is 0 Å². The number of amides is 2. The van der Waals surface area contributed by atoms with E-state index < -0.39 is 17.4 Å². The quantitative estimate of drug-likeness (QED) is 0.581. The van der Waals surface area contributed by atoms with Gasteiger partial charge in [0.2, 0.25) is 0 Å². The van der Waals surface area contributed by atoms with Crippen molar-refractivity contribution >= 4 is 17.6 Å². The second-order valence-electron chi connectivity index (χ2n) is 5.66. The first-order chi connectivity index (χ1) is 12.5. The number of hydrogen-bond donors (Lipinski definition) is 3. The number of hydrogen-bond acceptors (Lipinski definition) is 7. The molecular formula is C17H12N4O5. The van der Waals surface area contributed by atoms with Crippen LogP contribution in [-0.4, -0.2) is 26.6 Å². The number of carbonyl (C=O) groups is 2. The summed E-state index contributed by atoms with van der Waals surface area (Å²) in [5.41, 5.74) is 7.09. The highest BCUT2D eigenvalue weighted by atomic mass is 16.5. The SMILES string of the molecule is Nc1c2c(cc(=O)n1-c1ccc(-c3cc(CO)on3)cc1)C(=O)NC2=O. The Morgan fingerprint density at radius 1 is 1.12 bits per heavy atom. The van der Waals surface area contributed by atoms with E-state index in [0.717, 1.165) is 10.6 Å². The number of fused-ring (bicyclic) bond motifs is 1. The normalized spacial score (nSPS) is 13.0. The van der Waals surface area contributed by atoms with Crippen LogP contribution in [0.15, 0.2) is 45.7 Å². The molecule has 0 saturated heterocycles. The standard InChI is InChI=1S/C17H12N4O5/c18-15-14-11(16(24)19-17(14)25)6-13(23)21(15)9-3-1-8(2-4-9)12-5-10(7-22)26-20-12/h1-6,22H,7,18H2,(H,19,24,25). The van der Waals surface area contributed by atoms with Crippen LogP contribution in [0.3, 0.4) is 0 Å². The number of nitrogens with one attached hydrogen (secondary N) is 1. The molecule has 0 fully saturated rings. The van der Waals surface area contributed by atoms with Gasteiger partial charge in [0.25, 0.3) is 17.4 Å². The highest BCUT2D eigenvalue weighted by Crippen LogP contribution is 2.25. The van der Waals surface area contributed by atoms with Gasteiger partial charge < -0.3 is 15.4 Å². The van der Waals surface area contributed by atoms with E-state index in [4.69, 9.17) is 15.4 Å². The predicted octanol–water partition coefficient (Wildman–Crippen LogP) is 0.451. The zero-order valence-corrected chi connectivity index (χ0v) is 13.2. The summed E-state index contributed by atoms with van der Waals surface area (Å²) in [4.78, 5) is 36.0. The number of imide groups is 1. The molecule has 130 valence electrons. The van der Waals surface area contributed by atoms with Gasteiger partial charge in [-0.1, -0.05) is 17.3 Å². The maximum atomic E-state index is 12.4. The highest BCUT2D eigenvalue weighted by Gasteiger charge is 2.31. The summed E-state index contributed by atoms with van der Waals surface area (Å²) in [6.07, 6.45) is 0. The zero-order chi connectivity index (χ0) is 18.4. The van der Waals surface area contributed by atoms with Gasteiger partial charge in [-0.25, -0.2) is 0 Å². The van der Waals surface area contributed by atoms with Crippen molar-refractivity contribution in [3.05, 3.63) is 63.6 Å². The van der Waals surface area contributed by atoms with Crippen LogP contribution in [0, 0.1) is 0 Å². The lowest BCUT2D eigenvalue weighted by Gasteiger charge is -2.12. The van der Waals surface area contributed by atoms with Crippen LogP contribution in [0.5, 0.6) is 0 Å². The van der Waals surface area contributed by atoms with Crippen molar-refractivity contribution in [2.24, 2.45) is 0 Å². The second kappa shape index (κ2) is 5.67. The molecule has 2 amide bonds. The third-order valence-corrected chi connectivity index (χ3v) is 4.09. The van der Waals surface area contributed by atoms with Gasteiger partial charge in [-0.2, -0.15) is 0 Å². The van der Waals surface area contributed by atoms with E-state index in [1.165, 1.54) is 0 Å². The van der Waals surface area contributed by atoms with Gasteiger partial charge in [0, 0.05) is 17.7 Å². The molecule has 9 heteroatoms. The Hall–Kier alpha value is -3.72. The van der Waals surface area contributed by atoms with E-state index in [0.29, 0.717) is 22.7 Å². The highest BCUT2D eigenvalue weighted by molar-refractivity contribution is 6.23.